The molecule has 1 heterocycles. The number of hydrogen-bond acceptors (Lipinski definition) is 6. The zero-order valence-electron chi connectivity index (χ0n) is 15.7. The fraction of sp³-hybridized carbons (Fsp3) is 0.200. The Kier molecular flexibility index (Phi) is 5.03. The van der Waals surface area contributed by atoms with Gasteiger partial charge in [-0.15, -0.1) is 0 Å². The van der Waals surface area contributed by atoms with Crippen molar-refractivity contribution in [2.24, 2.45) is 0 Å². The summed E-state index contributed by atoms with van der Waals surface area (Å²) in [4.78, 5) is 21.7. The van der Waals surface area contributed by atoms with Gasteiger partial charge in [0.15, 0.2) is 0 Å². The van der Waals surface area contributed by atoms with E-state index in [2.05, 4.69) is 15.3 Å². The zero-order valence-corrected chi connectivity index (χ0v) is 15.7. The molecular weight excluding hydrogens is 342 g/mol. The van der Waals surface area contributed by atoms with E-state index in [4.69, 9.17) is 0 Å². The second kappa shape index (κ2) is 7.41. The van der Waals surface area contributed by atoms with Crippen molar-refractivity contribution in [1.29, 1.82) is 0 Å². The van der Waals surface area contributed by atoms with Gasteiger partial charge >= 0.3 is 5.69 Å². The predicted octanol–water partition coefficient (Wildman–Crippen LogP) is 4.82. The van der Waals surface area contributed by atoms with Crippen molar-refractivity contribution < 1.29 is 4.92 Å². The van der Waals surface area contributed by atoms with Crippen LogP contribution in [0.4, 0.5) is 28.8 Å². The van der Waals surface area contributed by atoms with Crippen LogP contribution in [0, 0.1) is 30.9 Å². The molecule has 0 atom stereocenters. The molecule has 0 amide bonds. The van der Waals surface area contributed by atoms with Gasteiger partial charge in [-0.1, -0.05) is 36.4 Å². The number of nitrogens with one attached hydrogen (secondary N) is 1. The predicted molar refractivity (Wildman–Crippen MR) is 107 cm³/mol. The molecule has 0 fully saturated rings. The van der Waals surface area contributed by atoms with Gasteiger partial charge in [-0.25, -0.2) is 4.98 Å². The molecule has 1 aromatic heterocycles. The summed E-state index contributed by atoms with van der Waals surface area (Å²) in [6.45, 7) is 5.60. The average molecular weight is 363 g/mol. The molecule has 2 aromatic carbocycles. The molecule has 0 unspecified atom stereocenters. The third kappa shape index (κ3) is 3.72. The van der Waals surface area contributed by atoms with Crippen molar-refractivity contribution in [3.63, 3.8) is 0 Å². The molecule has 0 spiro atoms. The van der Waals surface area contributed by atoms with Gasteiger partial charge in [-0.3, -0.25) is 10.1 Å². The van der Waals surface area contributed by atoms with Gasteiger partial charge in [0.1, 0.15) is 5.69 Å². The van der Waals surface area contributed by atoms with Crippen LogP contribution >= 0.6 is 0 Å². The summed E-state index contributed by atoms with van der Waals surface area (Å²) in [5.41, 5.74) is 4.01. The number of benzene rings is 2. The lowest BCUT2D eigenvalue weighted by atomic mass is 10.1. The van der Waals surface area contributed by atoms with Crippen LogP contribution in [-0.4, -0.2) is 21.9 Å². The highest BCUT2D eigenvalue weighted by Crippen LogP contribution is 2.34. The normalized spacial score (nSPS) is 10.5. The molecule has 0 aliphatic rings. The average Bonchev–Trinajstić information content (AvgIpc) is 2.64. The minimum atomic E-state index is -0.438. The third-order valence-corrected chi connectivity index (χ3v) is 4.40. The number of nitro groups is 1. The second-order valence-electron chi connectivity index (χ2n) is 6.35. The Balaban J connectivity index is 2.10. The van der Waals surface area contributed by atoms with Crippen LogP contribution < -0.4 is 10.2 Å². The van der Waals surface area contributed by atoms with Crippen LogP contribution in [-0.2, 0) is 0 Å². The van der Waals surface area contributed by atoms with E-state index in [9.17, 15) is 10.1 Å². The first-order chi connectivity index (χ1) is 12.9. The molecule has 7 heteroatoms. The molecule has 0 aliphatic heterocycles. The van der Waals surface area contributed by atoms with Gasteiger partial charge in [-0.05, 0) is 44.0 Å². The number of para-hydroxylation sites is 2. The van der Waals surface area contributed by atoms with Crippen molar-refractivity contribution >= 4 is 28.8 Å². The fourth-order valence-electron chi connectivity index (χ4n) is 2.95. The first-order valence-electron chi connectivity index (χ1n) is 8.53. The summed E-state index contributed by atoms with van der Waals surface area (Å²) in [5.74, 6) is 0.570. The Morgan fingerprint density at radius 1 is 0.963 bits per heavy atom. The van der Waals surface area contributed by atoms with E-state index in [0.717, 1.165) is 22.5 Å². The maximum absolute atomic E-state index is 11.6. The Hall–Kier alpha value is -3.48. The van der Waals surface area contributed by atoms with E-state index in [1.165, 1.54) is 0 Å². The highest BCUT2D eigenvalue weighted by Gasteiger charge is 2.26. The van der Waals surface area contributed by atoms with E-state index in [1.807, 2.05) is 62.4 Å². The summed E-state index contributed by atoms with van der Waals surface area (Å²) < 4.78 is 0. The molecule has 3 aromatic rings. The van der Waals surface area contributed by atoms with E-state index in [-0.39, 0.29) is 11.5 Å². The fourth-order valence-corrected chi connectivity index (χ4v) is 2.95. The van der Waals surface area contributed by atoms with Crippen molar-refractivity contribution in [1.82, 2.24) is 9.97 Å². The molecule has 7 nitrogen and oxygen atoms in total. The Bertz CT molecular complexity index is 969. The van der Waals surface area contributed by atoms with E-state index < -0.39 is 4.92 Å². The van der Waals surface area contributed by atoms with Crippen molar-refractivity contribution in [2.45, 2.75) is 20.8 Å². The van der Waals surface area contributed by atoms with Crippen molar-refractivity contribution in [3.8, 4) is 0 Å². The van der Waals surface area contributed by atoms with E-state index in [0.29, 0.717) is 11.6 Å². The summed E-state index contributed by atoms with van der Waals surface area (Å²) >= 11 is 0. The molecule has 27 heavy (non-hydrogen) atoms. The molecule has 1 N–H and O–H groups in total. The molecule has 0 radical (unpaired) electrons. The molecule has 0 bridgehead atoms. The van der Waals surface area contributed by atoms with E-state index in [1.54, 1.807) is 18.9 Å². The maximum Gasteiger partial charge on any atom is 0.333 e. The first-order valence-corrected chi connectivity index (χ1v) is 8.53. The van der Waals surface area contributed by atoms with Gasteiger partial charge in [-0.2, -0.15) is 4.98 Å². The second-order valence-corrected chi connectivity index (χ2v) is 6.35. The highest BCUT2D eigenvalue weighted by atomic mass is 16.6. The number of rotatable bonds is 5. The number of anilines is 4. The largest absolute Gasteiger partial charge is 0.333 e. The van der Waals surface area contributed by atoms with Crippen LogP contribution in [0.1, 0.15) is 16.8 Å². The van der Waals surface area contributed by atoms with Crippen LogP contribution in [0.15, 0.2) is 48.5 Å². The molecule has 0 saturated carbocycles. The lowest BCUT2D eigenvalue weighted by Crippen LogP contribution is -2.16. The smallest absolute Gasteiger partial charge is 0.324 e. The van der Waals surface area contributed by atoms with Gasteiger partial charge in [0.2, 0.25) is 11.8 Å². The molecule has 3 rings (SSSR count). The molecule has 0 aliphatic carbocycles. The molecular formula is C20H21N5O2. The topological polar surface area (TPSA) is 84.2 Å². The van der Waals surface area contributed by atoms with Crippen LogP contribution in [0.5, 0.6) is 0 Å². The lowest BCUT2D eigenvalue weighted by molar-refractivity contribution is -0.385. The number of hydrogen-bond donors (Lipinski definition) is 1. The summed E-state index contributed by atoms with van der Waals surface area (Å²) in [6, 6.07) is 15.4. The number of aryl methyl sites for hydroxylation is 3. The van der Waals surface area contributed by atoms with Crippen LogP contribution in [0.25, 0.3) is 0 Å². The molecule has 138 valence electrons. The highest BCUT2D eigenvalue weighted by molar-refractivity contribution is 5.72. The summed E-state index contributed by atoms with van der Waals surface area (Å²) in [7, 11) is 1.76. The van der Waals surface area contributed by atoms with Gasteiger partial charge < -0.3 is 10.2 Å². The SMILES string of the molecule is Cc1cccc(C)c1Nc1nc(C)c([N+](=O)[O-])c(N(C)c2ccccc2)n1. The van der Waals surface area contributed by atoms with Crippen LogP contribution in [0.3, 0.4) is 0 Å². The minimum Gasteiger partial charge on any atom is -0.324 e. The van der Waals surface area contributed by atoms with E-state index >= 15 is 0 Å². The number of aromatic nitrogens is 2. The quantitative estimate of drug-likeness (QED) is 0.517. The maximum atomic E-state index is 11.6. The number of nitrogens with zero attached hydrogens (tertiary/aromatic N) is 4. The Labute approximate surface area is 157 Å². The minimum absolute atomic E-state index is 0.103. The zero-order chi connectivity index (χ0) is 19.6. The van der Waals surface area contributed by atoms with Crippen LogP contribution in [0.2, 0.25) is 0 Å². The van der Waals surface area contributed by atoms with Crippen molar-refractivity contribution in [3.05, 3.63) is 75.5 Å². The summed E-state index contributed by atoms with van der Waals surface area (Å²) in [5, 5.41) is 14.9. The Morgan fingerprint density at radius 3 is 2.19 bits per heavy atom. The van der Waals surface area contributed by atoms with Crippen molar-refractivity contribution in [2.75, 3.05) is 17.3 Å². The van der Waals surface area contributed by atoms with Gasteiger partial charge in [0, 0.05) is 18.4 Å². The third-order valence-electron chi connectivity index (χ3n) is 4.40. The monoisotopic (exact) mass is 363 g/mol. The Morgan fingerprint density at radius 2 is 1.59 bits per heavy atom. The summed E-state index contributed by atoms with van der Waals surface area (Å²) in [6.07, 6.45) is 0. The lowest BCUT2D eigenvalue weighted by Gasteiger charge is -2.20. The van der Waals surface area contributed by atoms with Gasteiger partial charge in [0.05, 0.1) is 4.92 Å². The van der Waals surface area contributed by atoms with Gasteiger partial charge in [0.25, 0.3) is 0 Å². The standard InChI is InChI=1S/C20H21N5O2/c1-13-9-8-10-14(2)17(13)22-20-21-15(3)18(25(26)27)19(23-20)24(4)16-11-6-5-7-12-16/h5-12H,1-4H3,(H,21,22,23). The molecule has 0 saturated heterocycles. The first kappa shape index (κ1) is 18.3.